The van der Waals surface area contributed by atoms with Gasteiger partial charge in [0.25, 0.3) is 0 Å². The third kappa shape index (κ3) is 9.81. The SMILES string of the molecule is CC(C)(C)c1ccc(N(c2ccc(C(C)(C)C)cc2)c2cc3c(c4ccccc24)-c2cc4c(cc2C3(C)C)-c2cc(-c3cccc(N(c5ccccc5)c5cc6c(c7ccccc57)-c5cc7c(cc5C6(C)C)-c5ccc(N(c6ccccc6)c6ccccc6)cc5C7(C)C)c3)ccc2C4(C)C)cc1. The predicted octanol–water partition coefficient (Wildman–Crippen LogP) is 27.9. The Balaban J connectivity index is 0.722. The van der Waals surface area contributed by atoms with E-state index in [2.05, 4.69) is 397 Å². The van der Waals surface area contributed by atoms with Crippen molar-refractivity contribution in [2.24, 2.45) is 0 Å². The summed E-state index contributed by atoms with van der Waals surface area (Å²) in [4.78, 5) is 7.41. The second-order valence-electron chi connectivity index (χ2n) is 33.8. The lowest BCUT2D eigenvalue weighted by Gasteiger charge is -2.31. The van der Waals surface area contributed by atoms with E-state index in [0.29, 0.717) is 0 Å². The van der Waals surface area contributed by atoms with Crippen LogP contribution in [0.25, 0.3) is 77.2 Å². The summed E-state index contributed by atoms with van der Waals surface area (Å²) in [7, 11) is 0. The topological polar surface area (TPSA) is 9.72 Å². The lowest BCUT2D eigenvalue weighted by Crippen LogP contribution is -2.18. The molecule has 103 heavy (non-hydrogen) atoms. The van der Waals surface area contributed by atoms with Crippen molar-refractivity contribution in [3.05, 3.63) is 341 Å². The monoisotopic (exact) mass is 1330 g/mol. The molecular weight excluding hydrogens is 1240 g/mol. The highest BCUT2D eigenvalue weighted by Gasteiger charge is 2.46. The zero-order valence-corrected chi connectivity index (χ0v) is 62.0. The standard InChI is InChI=1S/C100H89N3/c1-95(2,3)64-42-46-69(47-43-64)102(70-48-44-65(45-49-70)96(4,5)6)91-60-89-93(76-39-26-24-37-74(76)91)82-59-86-80(57-88(82)100(89,13)14)78-54-63(41-52-83(78)97(86,7)8)62-29-28-36-71(53-62)103(68-34-22-17-23-35-68)92-61-90-94(77-40-27-25-38-75(77)92)81-58-85-79(56-87(81)99(90,11)12)73-51-50-72(55-84(73)98(85,9)10)101(66-30-18-15-19-31-66)67-32-20-16-21-33-67/h15-61H,1-14H3. The fourth-order valence-electron chi connectivity index (χ4n) is 18.3. The van der Waals surface area contributed by atoms with E-state index < -0.39 is 0 Å². The number of benzene rings is 14. The molecule has 0 amide bonds. The summed E-state index contributed by atoms with van der Waals surface area (Å²) in [6.45, 7) is 33.3. The van der Waals surface area contributed by atoms with E-state index in [1.165, 1.54) is 144 Å². The first kappa shape index (κ1) is 64.1. The van der Waals surface area contributed by atoms with Crippen molar-refractivity contribution in [3.8, 4) is 55.6 Å². The van der Waals surface area contributed by atoms with E-state index in [9.17, 15) is 0 Å². The minimum atomic E-state index is -0.309. The maximum atomic E-state index is 2.59. The van der Waals surface area contributed by atoms with Crippen LogP contribution < -0.4 is 14.7 Å². The van der Waals surface area contributed by atoms with Gasteiger partial charge in [0.1, 0.15) is 0 Å². The van der Waals surface area contributed by atoms with Gasteiger partial charge < -0.3 is 14.7 Å². The van der Waals surface area contributed by atoms with Gasteiger partial charge >= 0.3 is 0 Å². The molecule has 14 aromatic rings. The minimum Gasteiger partial charge on any atom is -0.310 e. The highest BCUT2D eigenvalue weighted by molar-refractivity contribution is 6.13. The van der Waals surface area contributed by atoms with E-state index in [4.69, 9.17) is 0 Å². The quantitative estimate of drug-likeness (QED) is 0.135. The van der Waals surface area contributed by atoms with Crippen molar-refractivity contribution >= 4 is 72.7 Å². The molecule has 14 aromatic carbocycles. The first-order valence-electron chi connectivity index (χ1n) is 37.1. The van der Waals surface area contributed by atoms with Crippen LogP contribution in [0, 0.1) is 0 Å². The van der Waals surface area contributed by atoms with Gasteiger partial charge in [0, 0.05) is 72.2 Å². The van der Waals surface area contributed by atoms with Crippen LogP contribution in [-0.4, -0.2) is 0 Å². The Bertz CT molecular complexity index is 5700. The van der Waals surface area contributed by atoms with Crippen LogP contribution in [0.3, 0.4) is 0 Å². The number of fused-ring (bicyclic) bond motifs is 16. The molecule has 0 atom stereocenters. The molecule has 0 heterocycles. The van der Waals surface area contributed by atoms with Crippen LogP contribution in [0.1, 0.15) is 153 Å². The molecule has 0 unspecified atom stereocenters. The van der Waals surface area contributed by atoms with Crippen LogP contribution >= 0.6 is 0 Å². The Morgan fingerprint density at radius 2 is 0.544 bits per heavy atom. The van der Waals surface area contributed by atoms with E-state index in [1.54, 1.807) is 0 Å². The van der Waals surface area contributed by atoms with E-state index in [1.807, 2.05) is 0 Å². The lowest BCUT2D eigenvalue weighted by atomic mass is 9.79. The van der Waals surface area contributed by atoms with Gasteiger partial charge in [-0.25, -0.2) is 0 Å². The van der Waals surface area contributed by atoms with E-state index >= 15 is 0 Å². The van der Waals surface area contributed by atoms with Crippen molar-refractivity contribution in [2.75, 3.05) is 14.7 Å². The Labute approximate surface area is 609 Å². The summed E-state index contributed by atoms with van der Waals surface area (Å²) in [6.07, 6.45) is 0. The fourth-order valence-corrected chi connectivity index (χ4v) is 18.3. The number of para-hydroxylation sites is 3. The molecule has 504 valence electrons. The summed E-state index contributed by atoms with van der Waals surface area (Å²) in [6, 6.07) is 109. The van der Waals surface area contributed by atoms with Crippen molar-refractivity contribution in [3.63, 3.8) is 0 Å². The molecule has 0 fully saturated rings. The summed E-state index contributed by atoms with van der Waals surface area (Å²) in [5, 5.41) is 5.03. The van der Waals surface area contributed by atoms with Gasteiger partial charge in [0.15, 0.2) is 0 Å². The molecule has 0 saturated heterocycles. The molecule has 0 aromatic heterocycles. The Morgan fingerprint density at radius 1 is 0.214 bits per heavy atom. The van der Waals surface area contributed by atoms with Crippen LogP contribution in [-0.2, 0) is 32.5 Å². The highest BCUT2D eigenvalue weighted by Crippen LogP contribution is 2.62. The number of nitrogens with zero attached hydrogens (tertiary/aromatic N) is 3. The highest BCUT2D eigenvalue weighted by atomic mass is 15.2. The summed E-state index contributed by atoms with van der Waals surface area (Å²) in [5.74, 6) is 0. The van der Waals surface area contributed by atoms with Crippen molar-refractivity contribution in [1.82, 2.24) is 0 Å². The average Bonchev–Trinajstić information content (AvgIpc) is 1.54. The van der Waals surface area contributed by atoms with Crippen LogP contribution in [0.15, 0.2) is 285 Å². The van der Waals surface area contributed by atoms with Gasteiger partial charge in [-0.2, -0.15) is 0 Å². The second-order valence-corrected chi connectivity index (χ2v) is 33.8. The average molecular weight is 1330 g/mol. The largest absolute Gasteiger partial charge is 0.310 e. The molecule has 0 aliphatic heterocycles. The van der Waals surface area contributed by atoms with Gasteiger partial charge in [-0.05, 0) is 260 Å². The molecule has 0 bridgehead atoms. The van der Waals surface area contributed by atoms with Gasteiger partial charge in [0.2, 0.25) is 0 Å². The molecule has 4 aliphatic carbocycles. The maximum Gasteiger partial charge on any atom is 0.0543 e. The zero-order valence-electron chi connectivity index (χ0n) is 62.0. The number of rotatable bonds is 10. The van der Waals surface area contributed by atoms with E-state index in [-0.39, 0.29) is 32.5 Å². The molecule has 0 N–H and O–H groups in total. The molecule has 3 nitrogen and oxygen atoms in total. The second kappa shape index (κ2) is 22.7. The van der Waals surface area contributed by atoms with Gasteiger partial charge in [0.05, 0.1) is 11.4 Å². The normalized spacial score (nSPS) is 15.0. The van der Waals surface area contributed by atoms with Crippen LogP contribution in [0.5, 0.6) is 0 Å². The van der Waals surface area contributed by atoms with E-state index in [0.717, 1.165) is 39.8 Å². The maximum absolute atomic E-state index is 2.59. The Hall–Kier alpha value is -11.0. The van der Waals surface area contributed by atoms with Crippen LogP contribution in [0.2, 0.25) is 0 Å². The summed E-state index contributed by atoms with van der Waals surface area (Å²) in [5.41, 5.74) is 36.0. The smallest absolute Gasteiger partial charge is 0.0543 e. The summed E-state index contributed by atoms with van der Waals surface area (Å²) >= 11 is 0. The first-order valence-corrected chi connectivity index (χ1v) is 37.1. The molecule has 0 spiro atoms. The molecule has 0 saturated carbocycles. The molecule has 18 rings (SSSR count). The van der Waals surface area contributed by atoms with Crippen molar-refractivity contribution in [1.29, 1.82) is 0 Å². The Morgan fingerprint density at radius 3 is 1.02 bits per heavy atom. The molecular formula is C100H89N3. The van der Waals surface area contributed by atoms with Gasteiger partial charge in [-0.15, -0.1) is 0 Å². The molecule has 4 aliphatic rings. The number of hydrogen-bond acceptors (Lipinski definition) is 3. The zero-order chi connectivity index (χ0) is 71.0. The fraction of sp³-hybridized carbons (Fsp3) is 0.200. The molecule has 0 radical (unpaired) electrons. The first-order chi connectivity index (χ1) is 49.4. The Kier molecular flexibility index (Phi) is 14.2. The predicted molar refractivity (Wildman–Crippen MR) is 439 cm³/mol. The third-order valence-electron chi connectivity index (χ3n) is 24.1. The minimum absolute atomic E-state index is 0.0351. The molecule has 3 heteroatoms. The third-order valence-corrected chi connectivity index (χ3v) is 24.1. The lowest BCUT2D eigenvalue weighted by molar-refractivity contribution is 0.590. The van der Waals surface area contributed by atoms with Gasteiger partial charge in [-0.3, -0.25) is 0 Å². The number of anilines is 9. The van der Waals surface area contributed by atoms with Crippen molar-refractivity contribution in [2.45, 2.75) is 129 Å². The van der Waals surface area contributed by atoms with Gasteiger partial charge in [-0.1, -0.05) is 255 Å². The number of hydrogen-bond donors (Lipinski definition) is 0. The van der Waals surface area contributed by atoms with Crippen LogP contribution in [0.4, 0.5) is 51.2 Å². The van der Waals surface area contributed by atoms with Crippen molar-refractivity contribution < 1.29 is 0 Å². The summed E-state index contributed by atoms with van der Waals surface area (Å²) < 4.78 is 0.